The first-order chi connectivity index (χ1) is 11.1. The van der Waals surface area contributed by atoms with E-state index in [0.717, 1.165) is 33.5 Å². The summed E-state index contributed by atoms with van der Waals surface area (Å²) in [6.45, 7) is 4.03. The van der Waals surface area contributed by atoms with Crippen LogP contribution in [-0.4, -0.2) is 4.98 Å². The summed E-state index contributed by atoms with van der Waals surface area (Å²) in [5, 5.41) is 9.57. The van der Waals surface area contributed by atoms with Crippen LogP contribution < -0.4 is 5.73 Å². The summed E-state index contributed by atoms with van der Waals surface area (Å²) in [4.78, 5) is 4.48. The second kappa shape index (κ2) is 5.94. The summed E-state index contributed by atoms with van der Waals surface area (Å²) in [7, 11) is 0. The van der Waals surface area contributed by atoms with Crippen LogP contribution in [0.25, 0.3) is 22.4 Å². The minimum atomic E-state index is 0.273. The van der Waals surface area contributed by atoms with E-state index in [0.29, 0.717) is 5.56 Å². The van der Waals surface area contributed by atoms with Crippen molar-refractivity contribution in [1.82, 2.24) is 4.98 Å². The molecule has 0 saturated carbocycles. The fourth-order valence-corrected chi connectivity index (χ4v) is 2.87. The highest BCUT2D eigenvalue weighted by Gasteiger charge is 2.19. The predicted octanol–water partition coefficient (Wildman–Crippen LogP) is 4.49. The minimum Gasteiger partial charge on any atom is -0.383 e. The first-order valence-corrected chi connectivity index (χ1v) is 7.45. The van der Waals surface area contributed by atoms with Crippen LogP contribution in [0.3, 0.4) is 0 Å². The molecule has 3 aromatic rings. The average Bonchev–Trinajstić information content (AvgIpc) is 2.58. The fraction of sp³-hybridized carbons (Fsp3) is 0.100. The maximum Gasteiger partial charge on any atom is 0.142 e. The molecular formula is C20H17N3. The second-order valence-corrected chi connectivity index (χ2v) is 5.51. The van der Waals surface area contributed by atoms with E-state index in [2.05, 4.69) is 11.1 Å². The molecule has 1 aromatic heterocycles. The summed E-state index contributed by atoms with van der Waals surface area (Å²) in [6, 6.07) is 20.2. The molecule has 23 heavy (non-hydrogen) atoms. The van der Waals surface area contributed by atoms with Gasteiger partial charge >= 0.3 is 0 Å². The molecule has 2 N–H and O–H groups in total. The van der Waals surface area contributed by atoms with Crippen molar-refractivity contribution in [2.24, 2.45) is 0 Å². The summed E-state index contributed by atoms with van der Waals surface area (Å²) in [6.07, 6.45) is 0. The number of nitrogens with zero attached hydrogens (tertiary/aromatic N) is 2. The lowest BCUT2D eigenvalue weighted by atomic mass is 9.90. The Labute approximate surface area is 136 Å². The number of hydrogen-bond donors (Lipinski definition) is 1. The lowest BCUT2D eigenvalue weighted by Crippen LogP contribution is -2.03. The smallest absolute Gasteiger partial charge is 0.142 e. The van der Waals surface area contributed by atoms with Gasteiger partial charge < -0.3 is 5.73 Å². The Bertz CT molecular complexity index is 906. The molecule has 0 spiro atoms. The summed E-state index contributed by atoms with van der Waals surface area (Å²) in [5.41, 5.74) is 12.3. The molecule has 0 saturated heterocycles. The van der Waals surface area contributed by atoms with Crippen LogP contribution in [0.1, 0.15) is 16.7 Å². The standard InChI is InChI=1S/C20H17N3/c1-13-8-6-7-11-16(13)18-14(2)19(15-9-4-3-5-10-15)23-20(22)17(18)12-21/h3-11H,1-2H3,(H2,22,23). The molecule has 0 aliphatic heterocycles. The topological polar surface area (TPSA) is 62.7 Å². The van der Waals surface area contributed by atoms with Gasteiger partial charge in [-0.1, -0.05) is 54.6 Å². The van der Waals surface area contributed by atoms with E-state index in [-0.39, 0.29) is 5.82 Å². The van der Waals surface area contributed by atoms with Crippen LogP contribution in [0.2, 0.25) is 0 Å². The molecular weight excluding hydrogens is 282 g/mol. The Morgan fingerprint density at radius 2 is 1.61 bits per heavy atom. The number of pyridine rings is 1. The molecule has 2 aromatic carbocycles. The number of anilines is 1. The Morgan fingerprint density at radius 1 is 0.957 bits per heavy atom. The number of aryl methyl sites for hydroxylation is 1. The highest BCUT2D eigenvalue weighted by Crippen LogP contribution is 2.36. The zero-order valence-electron chi connectivity index (χ0n) is 13.2. The van der Waals surface area contributed by atoms with Gasteiger partial charge in [0.25, 0.3) is 0 Å². The third kappa shape index (κ3) is 2.56. The third-order valence-electron chi connectivity index (χ3n) is 4.04. The molecule has 0 fully saturated rings. The first kappa shape index (κ1) is 14.8. The SMILES string of the molecule is Cc1ccccc1-c1c(C)c(-c2ccccc2)nc(N)c1C#N. The van der Waals surface area contributed by atoms with Crippen LogP contribution >= 0.6 is 0 Å². The van der Waals surface area contributed by atoms with E-state index in [1.165, 1.54) is 0 Å². The monoisotopic (exact) mass is 299 g/mol. The quantitative estimate of drug-likeness (QED) is 0.758. The second-order valence-electron chi connectivity index (χ2n) is 5.51. The van der Waals surface area contributed by atoms with E-state index in [1.54, 1.807) is 0 Å². The maximum absolute atomic E-state index is 9.57. The van der Waals surface area contributed by atoms with Gasteiger partial charge in [0.05, 0.1) is 5.69 Å². The summed E-state index contributed by atoms with van der Waals surface area (Å²) in [5.74, 6) is 0.273. The number of nitrogens with two attached hydrogens (primary N) is 1. The molecule has 0 atom stereocenters. The summed E-state index contributed by atoms with van der Waals surface area (Å²) < 4.78 is 0. The van der Waals surface area contributed by atoms with E-state index in [4.69, 9.17) is 5.73 Å². The minimum absolute atomic E-state index is 0.273. The Hall–Kier alpha value is -3.12. The van der Waals surface area contributed by atoms with Crippen molar-refractivity contribution in [2.75, 3.05) is 5.73 Å². The molecule has 0 aliphatic carbocycles. The van der Waals surface area contributed by atoms with Crippen molar-refractivity contribution >= 4 is 5.82 Å². The third-order valence-corrected chi connectivity index (χ3v) is 4.04. The number of nitrogen functional groups attached to an aromatic ring is 1. The number of hydrogen-bond acceptors (Lipinski definition) is 3. The van der Waals surface area contributed by atoms with Gasteiger partial charge in [-0.2, -0.15) is 5.26 Å². The Balaban J connectivity index is 2.37. The van der Waals surface area contributed by atoms with E-state index < -0.39 is 0 Å². The average molecular weight is 299 g/mol. The molecule has 0 radical (unpaired) electrons. The normalized spacial score (nSPS) is 10.3. The van der Waals surface area contributed by atoms with Gasteiger partial charge in [-0.15, -0.1) is 0 Å². The van der Waals surface area contributed by atoms with E-state index in [1.807, 2.05) is 68.4 Å². The van der Waals surface area contributed by atoms with Gasteiger partial charge in [0.15, 0.2) is 0 Å². The fourth-order valence-electron chi connectivity index (χ4n) is 2.87. The Kier molecular flexibility index (Phi) is 3.82. The van der Waals surface area contributed by atoms with Crippen molar-refractivity contribution in [3.8, 4) is 28.5 Å². The number of benzene rings is 2. The molecule has 0 aliphatic rings. The van der Waals surface area contributed by atoms with Gasteiger partial charge in [-0.05, 0) is 30.5 Å². The van der Waals surface area contributed by atoms with Crippen molar-refractivity contribution < 1.29 is 0 Å². The van der Waals surface area contributed by atoms with Gasteiger partial charge in [-0.3, -0.25) is 0 Å². The zero-order chi connectivity index (χ0) is 16.4. The van der Waals surface area contributed by atoms with Crippen LogP contribution in [0.4, 0.5) is 5.82 Å². The largest absolute Gasteiger partial charge is 0.383 e. The lowest BCUT2D eigenvalue weighted by Gasteiger charge is -2.16. The van der Waals surface area contributed by atoms with Crippen LogP contribution in [0.15, 0.2) is 54.6 Å². The molecule has 3 nitrogen and oxygen atoms in total. The van der Waals surface area contributed by atoms with Crippen LogP contribution in [0, 0.1) is 25.2 Å². The molecule has 0 bridgehead atoms. The maximum atomic E-state index is 9.57. The summed E-state index contributed by atoms with van der Waals surface area (Å²) >= 11 is 0. The Morgan fingerprint density at radius 3 is 2.26 bits per heavy atom. The number of rotatable bonds is 2. The molecule has 3 heteroatoms. The van der Waals surface area contributed by atoms with Crippen molar-refractivity contribution in [2.45, 2.75) is 13.8 Å². The molecule has 3 rings (SSSR count). The molecule has 1 heterocycles. The van der Waals surface area contributed by atoms with Crippen molar-refractivity contribution in [3.63, 3.8) is 0 Å². The highest BCUT2D eigenvalue weighted by atomic mass is 14.9. The lowest BCUT2D eigenvalue weighted by molar-refractivity contribution is 1.25. The first-order valence-electron chi connectivity index (χ1n) is 7.45. The molecule has 0 amide bonds. The van der Waals surface area contributed by atoms with Crippen LogP contribution in [0.5, 0.6) is 0 Å². The highest BCUT2D eigenvalue weighted by molar-refractivity contribution is 5.85. The number of nitriles is 1. The van der Waals surface area contributed by atoms with E-state index in [9.17, 15) is 5.26 Å². The van der Waals surface area contributed by atoms with Crippen LogP contribution in [-0.2, 0) is 0 Å². The van der Waals surface area contributed by atoms with Crippen molar-refractivity contribution in [3.05, 3.63) is 71.3 Å². The van der Waals surface area contributed by atoms with Gasteiger partial charge in [0, 0.05) is 11.1 Å². The van der Waals surface area contributed by atoms with Crippen molar-refractivity contribution in [1.29, 1.82) is 5.26 Å². The van der Waals surface area contributed by atoms with Gasteiger partial charge in [0.2, 0.25) is 0 Å². The molecule has 112 valence electrons. The predicted molar refractivity (Wildman–Crippen MR) is 93.7 cm³/mol. The van der Waals surface area contributed by atoms with E-state index >= 15 is 0 Å². The number of aromatic nitrogens is 1. The zero-order valence-corrected chi connectivity index (χ0v) is 13.2. The van der Waals surface area contributed by atoms with Gasteiger partial charge in [-0.25, -0.2) is 4.98 Å². The molecule has 0 unspecified atom stereocenters. The van der Waals surface area contributed by atoms with Gasteiger partial charge in [0.1, 0.15) is 17.5 Å².